The number of halogens is 1. The Morgan fingerprint density at radius 3 is 2.88 bits per heavy atom. The third kappa shape index (κ3) is 2.72. The highest BCUT2D eigenvalue weighted by Gasteiger charge is 2.24. The highest BCUT2D eigenvalue weighted by atomic mass is 79.9. The summed E-state index contributed by atoms with van der Waals surface area (Å²) in [4.78, 5) is 0. The van der Waals surface area contributed by atoms with Crippen molar-refractivity contribution in [1.82, 2.24) is 15.1 Å². The smallest absolute Gasteiger partial charge is 0.0767 e. The monoisotopic (exact) mass is 301 g/mol. The molecule has 1 saturated heterocycles. The van der Waals surface area contributed by atoms with Gasteiger partial charge in [0.15, 0.2) is 0 Å². The minimum absolute atomic E-state index is 0.313. The Labute approximate surface area is 111 Å². The standard InChI is InChI=1S/C12H20BrN3O/c1-4-9-12(13)11(16(3)15-9)7-14-10-5-6-17-8(10)2/h8,10,14H,4-7H2,1-3H3. The van der Waals surface area contributed by atoms with Crippen LogP contribution in [0.5, 0.6) is 0 Å². The number of nitrogens with one attached hydrogen (secondary N) is 1. The van der Waals surface area contributed by atoms with E-state index >= 15 is 0 Å². The zero-order valence-electron chi connectivity index (χ0n) is 10.7. The molecule has 4 nitrogen and oxygen atoms in total. The summed E-state index contributed by atoms with van der Waals surface area (Å²) in [5, 5.41) is 8.04. The van der Waals surface area contributed by atoms with Gasteiger partial charge >= 0.3 is 0 Å². The average molecular weight is 302 g/mol. The lowest BCUT2D eigenvalue weighted by Crippen LogP contribution is -2.34. The van der Waals surface area contributed by atoms with Crippen molar-refractivity contribution in [3.05, 3.63) is 15.9 Å². The lowest BCUT2D eigenvalue weighted by molar-refractivity contribution is 0.113. The molecule has 0 spiro atoms. The van der Waals surface area contributed by atoms with E-state index in [1.165, 1.54) is 5.69 Å². The van der Waals surface area contributed by atoms with Gasteiger partial charge in [0.2, 0.25) is 0 Å². The Kier molecular flexibility index (Phi) is 4.22. The Balaban J connectivity index is 2.01. The van der Waals surface area contributed by atoms with Crippen molar-refractivity contribution in [3.63, 3.8) is 0 Å². The third-order valence-electron chi connectivity index (χ3n) is 3.41. The first-order chi connectivity index (χ1) is 8.13. The van der Waals surface area contributed by atoms with E-state index < -0.39 is 0 Å². The topological polar surface area (TPSA) is 39.1 Å². The molecule has 2 atom stereocenters. The second kappa shape index (κ2) is 5.50. The largest absolute Gasteiger partial charge is 0.377 e. The fourth-order valence-corrected chi connectivity index (χ4v) is 3.00. The van der Waals surface area contributed by atoms with Crippen LogP contribution in [0, 0.1) is 0 Å². The van der Waals surface area contributed by atoms with Crippen molar-refractivity contribution in [2.45, 2.75) is 45.4 Å². The van der Waals surface area contributed by atoms with Crippen molar-refractivity contribution in [2.75, 3.05) is 6.61 Å². The summed E-state index contributed by atoms with van der Waals surface area (Å²) in [6.45, 7) is 5.95. The lowest BCUT2D eigenvalue weighted by atomic mass is 10.1. The Bertz CT molecular complexity index is 391. The van der Waals surface area contributed by atoms with Crippen LogP contribution in [0.15, 0.2) is 4.47 Å². The van der Waals surface area contributed by atoms with Crippen LogP contribution in [-0.2, 0) is 24.8 Å². The molecule has 0 radical (unpaired) electrons. The molecule has 2 unspecified atom stereocenters. The summed E-state index contributed by atoms with van der Waals surface area (Å²) in [6, 6.07) is 0.460. The van der Waals surface area contributed by atoms with Gasteiger partial charge < -0.3 is 10.1 Å². The number of hydrogen-bond acceptors (Lipinski definition) is 3. The first-order valence-electron chi connectivity index (χ1n) is 6.18. The molecular formula is C12H20BrN3O. The molecule has 0 aliphatic carbocycles. The van der Waals surface area contributed by atoms with Gasteiger partial charge in [-0.1, -0.05) is 6.92 Å². The summed E-state index contributed by atoms with van der Waals surface area (Å²) in [6.07, 6.45) is 2.36. The van der Waals surface area contributed by atoms with Gasteiger partial charge in [-0.15, -0.1) is 0 Å². The van der Waals surface area contributed by atoms with Crippen LogP contribution in [-0.4, -0.2) is 28.5 Å². The highest BCUT2D eigenvalue weighted by Crippen LogP contribution is 2.22. The van der Waals surface area contributed by atoms with E-state index in [9.17, 15) is 0 Å². The maximum absolute atomic E-state index is 5.54. The van der Waals surface area contributed by atoms with Gasteiger partial charge in [-0.2, -0.15) is 5.10 Å². The second-order valence-corrected chi connectivity index (χ2v) is 5.33. The van der Waals surface area contributed by atoms with Crippen molar-refractivity contribution in [1.29, 1.82) is 0 Å². The molecule has 2 heterocycles. The predicted molar refractivity (Wildman–Crippen MR) is 70.9 cm³/mol. The minimum atomic E-state index is 0.313. The molecule has 1 fully saturated rings. The quantitative estimate of drug-likeness (QED) is 0.925. The van der Waals surface area contributed by atoms with E-state index in [0.29, 0.717) is 12.1 Å². The van der Waals surface area contributed by atoms with E-state index in [1.54, 1.807) is 0 Å². The third-order valence-corrected chi connectivity index (χ3v) is 4.33. The van der Waals surface area contributed by atoms with Crippen LogP contribution >= 0.6 is 15.9 Å². The molecule has 2 rings (SSSR count). The summed E-state index contributed by atoms with van der Waals surface area (Å²) < 4.78 is 8.64. The molecule has 17 heavy (non-hydrogen) atoms. The lowest BCUT2D eigenvalue weighted by Gasteiger charge is -2.16. The van der Waals surface area contributed by atoms with Crippen molar-refractivity contribution < 1.29 is 4.74 Å². The Morgan fingerprint density at radius 1 is 1.59 bits per heavy atom. The number of nitrogens with zero attached hydrogens (tertiary/aromatic N) is 2. The first-order valence-corrected chi connectivity index (χ1v) is 6.98. The van der Waals surface area contributed by atoms with Crippen LogP contribution < -0.4 is 5.32 Å². The zero-order valence-corrected chi connectivity index (χ0v) is 12.2. The molecule has 96 valence electrons. The number of hydrogen-bond donors (Lipinski definition) is 1. The van der Waals surface area contributed by atoms with E-state index in [2.05, 4.69) is 40.2 Å². The summed E-state index contributed by atoms with van der Waals surface area (Å²) in [5.74, 6) is 0. The number of rotatable bonds is 4. The zero-order chi connectivity index (χ0) is 12.4. The van der Waals surface area contributed by atoms with Gasteiger partial charge in [-0.25, -0.2) is 0 Å². The minimum Gasteiger partial charge on any atom is -0.377 e. The van der Waals surface area contributed by atoms with Crippen LogP contribution in [0.3, 0.4) is 0 Å². The maximum atomic E-state index is 5.54. The van der Waals surface area contributed by atoms with Crippen molar-refractivity contribution in [2.24, 2.45) is 7.05 Å². The van der Waals surface area contributed by atoms with Crippen LogP contribution in [0.1, 0.15) is 31.7 Å². The molecule has 1 N–H and O–H groups in total. The predicted octanol–water partition coefficient (Wildman–Crippen LogP) is 2.01. The molecule has 1 aromatic rings. The van der Waals surface area contributed by atoms with Gasteiger partial charge in [0.25, 0.3) is 0 Å². The van der Waals surface area contributed by atoms with Crippen LogP contribution in [0.2, 0.25) is 0 Å². The summed E-state index contributed by atoms with van der Waals surface area (Å²) in [7, 11) is 2.00. The highest BCUT2D eigenvalue weighted by molar-refractivity contribution is 9.10. The SMILES string of the molecule is CCc1nn(C)c(CNC2CCOC2C)c1Br. The van der Waals surface area contributed by atoms with E-state index in [0.717, 1.165) is 36.2 Å². The fraction of sp³-hybridized carbons (Fsp3) is 0.750. The first kappa shape index (κ1) is 13.1. The molecule has 5 heteroatoms. The fourth-order valence-electron chi connectivity index (χ4n) is 2.24. The molecule has 1 aromatic heterocycles. The Hall–Kier alpha value is -0.390. The number of ether oxygens (including phenoxy) is 1. The maximum Gasteiger partial charge on any atom is 0.0767 e. The van der Waals surface area contributed by atoms with Gasteiger partial charge in [0.1, 0.15) is 0 Å². The van der Waals surface area contributed by atoms with Gasteiger partial charge in [0.05, 0.1) is 22.0 Å². The molecular weight excluding hydrogens is 282 g/mol. The molecule has 0 bridgehead atoms. The normalized spacial score (nSPS) is 24.5. The number of aromatic nitrogens is 2. The van der Waals surface area contributed by atoms with Gasteiger partial charge in [-0.3, -0.25) is 4.68 Å². The van der Waals surface area contributed by atoms with Crippen molar-refractivity contribution in [3.8, 4) is 0 Å². The molecule has 1 aliphatic heterocycles. The molecule has 0 amide bonds. The van der Waals surface area contributed by atoms with E-state index in [-0.39, 0.29) is 0 Å². The van der Waals surface area contributed by atoms with E-state index in [4.69, 9.17) is 4.74 Å². The molecule has 1 aliphatic rings. The molecule has 0 saturated carbocycles. The second-order valence-electron chi connectivity index (χ2n) is 4.54. The van der Waals surface area contributed by atoms with Gasteiger partial charge in [-0.05, 0) is 35.7 Å². The van der Waals surface area contributed by atoms with Gasteiger partial charge in [0, 0.05) is 26.2 Å². The van der Waals surface area contributed by atoms with Crippen LogP contribution in [0.4, 0.5) is 0 Å². The Morgan fingerprint density at radius 2 is 2.35 bits per heavy atom. The van der Waals surface area contributed by atoms with Crippen LogP contribution in [0.25, 0.3) is 0 Å². The summed E-state index contributed by atoms with van der Waals surface area (Å²) in [5.41, 5.74) is 2.33. The average Bonchev–Trinajstić information content (AvgIpc) is 2.82. The van der Waals surface area contributed by atoms with Crippen molar-refractivity contribution >= 4 is 15.9 Å². The summed E-state index contributed by atoms with van der Waals surface area (Å²) >= 11 is 3.63. The van der Waals surface area contributed by atoms with E-state index in [1.807, 2.05) is 11.7 Å². The molecule has 0 aromatic carbocycles. The number of aryl methyl sites for hydroxylation is 2.